The molecule has 3 N–H and O–H groups in total. The molecule has 1 aromatic rings. The number of aliphatic imine (C=N–C) groups is 1. The van der Waals surface area contributed by atoms with Crippen LogP contribution >= 0.6 is 15.9 Å². The molecule has 1 atom stereocenters. The van der Waals surface area contributed by atoms with E-state index in [9.17, 15) is 0 Å². The molecular formula is C15H18BrN3. The molecule has 0 amide bonds. The van der Waals surface area contributed by atoms with Crippen LogP contribution in [0.1, 0.15) is 30.9 Å². The molecule has 1 saturated carbocycles. The predicted octanol–water partition coefficient (Wildman–Crippen LogP) is 2.83. The molecule has 19 heavy (non-hydrogen) atoms. The van der Waals surface area contributed by atoms with Crippen molar-refractivity contribution in [2.45, 2.75) is 25.3 Å². The van der Waals surface area contributed by atoms with Crippen molar-refractivity contribution in [2.24, 2.45) is 16.6 Å². The lowest BCUT2D eigenvalue weighted by Gasteiger charge is -2.23. The average Bonchev–Trinajstić information content (AvgIpc) is 2.35. The zero-order valence-electron chi connectivity index (χ0n) is 10.8. The molecule has 100 valence electrons. The number of hydrogen-bond donors (Lipinski definition) is 2. The van der Waals surface area contributed by atoms with Crippen molar-refractivity contribution in [1.29, 1.82) is 0 Å². The van der Waals surface area contributed by atoms with Gasteiger partial charge in [0.1, 0.15) is 6.04 Å². The minimum absolute atomic E-state index is 0.238. The van der Waals surface area contributed by atoms with Gasteiger partial charge in [-0.1, -0.05) is 40.4 Å². The second-order valence-electron chi connectivity index (χ2n) is 4.82. The number of benzene rings is 1. The predicted molar refractivity (Wildman–Crippen MR) is 82.7 cm³/mol. The van der Waals surface area contributed by atoms with Crippen LogP contribution in [-0.4, -0.2) is 12.5 Å². The van der Waals surface area contributed by atoms with Crippen LogP contribution in [0.5, 0.6) is 0 Å². The van der Waals surface area contributed by atoms with E-state index in [4.69, 9.17) is 12.2 Å². The minimum atomic E-state index is -0.238. The molecule has 0 bridgehead atoms. The van der Waals surface area contributed by atoms with E-state index in [0.29, 0.717) is 11.9 Å². The van der Waals surface area contributed by atoms with Crippen molar-refractivity contribution in [1.82, 2.24) is 5.32 Å². The maximum absolute atomic E-state index is 5.88. The maximum atomic E-state index is 5.88. The van der Waals surface area contributed by atoms with Crippen LogP contribution in [-0.2, 0) is 0 Å². The Balaban J connectivity index is 1.94. The van der Waals surface area contributed by atoms with E-state index >= 15 is 0 Å². The zero-order valence-corrected chi connectivity index (χ0v) is 12.4. The Bertz CT molecular complexity index is 483. The molecule has 1 aromatic carbocycles. The summed E-state index contributed by atoms with van der Waals surface area (Å²) in [5.41, 5.74) is 6.89. The number of hydrogen-bond acceptors (Lipinski definition) is 1. The van der Waals surface area contributed by atoms with Gasteiger partial charge in [0, 0.05) is 11.0 Å². The van der Waals surface area contributed by atoms with E-state index in [-0.39, 0.29) is 6.04 Å². The van der Waals surface area contributed by atoms with Gasteiger partial charge in [0.2, 0.25) is 0 Å². The molecule has 1 unspecified atom stereocenters. The van der Waals surface area contributed by atoms with Crippen LogP contribution in [0.25, 0.3) is 0 Å². The lowest BCUT2D eigenvalue weighted by molar-refractivity contribution is 0.326. The Morgan fingerprint density at radius 1 is 1.47 bits per heavy atom. The van der Waals surface area contributed by atoms with Gasteiger partial charge in [-0.2, -0.15) is 0 Å². The van der Waals surface area contributed by atoms with Gasteiger partial charge in [0.15, 0.2) is 5.96 Å². The Labute approximate surface area is 122 Å². The molecule has 4 heteroatoms. The highest BCUT2D eigenvalue weighted by molar-refractivity contribution is 9.10. The molecule has 0 spiro atoms. The number of nitrogens with zero attached hydrogens (tertiary/aromatic N) is 1. The normalized spacial score (nSPS) is 17.4. The summed E-state index contributed by atoms with van der Waals surface area (Å²) in [6.45, 7) is 0.802. The van der Waals surface area contributed by atoms with Crippen LogP contribution in [0.3, 0.4) is 0 Å². The third-order valence-electron chi connectivity index (χ3n) is 3.41. The van der Waals surface area contributed by atoms with Crippen molar-refractivity contribution < 1.29 is 0 Å². The minimum Gasteiger partial charge on any atom is -0.370 e. The summed E-state index contributed by atoms with van der Waals surface area (Å²) in [6.07, 6.45) is 9.40. The van der Waals surface area contributed by atoms with Crippen molar-refractivity contribution in [2.75, 3.05) is 6.54 Å². The number of nitrogens with two attached hydrogens (primary N) is 1. The summed E-state index contributed by atoms with van der Waals surface area (Å²) in [4.78, 5) is 4.36. The van der Waals surface area contributed by atoms with Crippen molar-refractivity contribution in [3.8, 4) is 12.3 Å². The highest BCUT2D eigenvalue weighted by atomic mass is 79.9. The summed E-state index contributed by atoms with van der Waals surface area (Å²) in [7, 11) is 0. The van der Waals surface area contributed by atoms with Crippen LogP contribution in [0.2, 0.25) is 0 Å². The molecule has 0 aromatic heterocycles. The van der Waals surface area contributed by atoms with Crippen LogP contribution in [0, 0.1) is 18.3 Å². The smallest absolute Gasteiger partial charge is 0.189 e. The first kappa shape index (κ1) is 14.0. The molecular weight excluding hydrogens is 302 g/mol. The molecule has 3 nitrogen and oxygen atoms in total. The lowest BCUT2D eigenvalue weighted by atomic mass is 9.86. The monoisotopic (exact) mass is 319 g/mol. The van der Waals surface area contributed by atoms with Gasteiger partial charge in [0.05, 0.1) is 0 Å². The standard InChI is InChI=1S/C15H18BrN3/c1-2-14(12-6-8-13(16)9-7-12)19-15(17)18-10-11-4-3-5-11/h1,6-9,11,14H,3-5,10H2,(H3,17,18,19). The fourth-order valence-electron chi connectivity index (χ4n) is 1.97. The van der Waals surface area contributed by atoms with Gasteiger partial charge in [0.25, 0.3) is 0 Å². The number of halogens is 1. The Hall–Kier alpha value is -1.47. The van der Waals surface area contributed by atoms with E-state index in [1.54, 1.807) is 0 Å². The first-order chi connectivity index (χ1) is 9.19. The topological polar surface area (TPSA) is 50.4 Å². The fourth-order valence-corrected chi connectivity index (χ4v) is 2.24. The average molecular weight is 320 g/mol. The number of rotatable bonds is 4. The van der Waals surface area contributed by atoms with Gasteiger partial charge in [-0.25, -0.2) is 0 Å². The quantitative estimate of drug-likeness (QED) is 0.509. The first-order valence-electron chi connectivity index (χ1n) is 6.47. The van der Waals surface area contributed by atoms with Crippen molar-refractivity contribution in [3.63, 3.8) is 0 Å². The number of nitrogens with one attached hydrogen (secondary N) is 1. The molecule has 2 rings (SSSR count). The summed E-state index contributed by atoms with van der Waals surface area (Å²) >= 11 is 3.40. The van der Waals surface area contributed by atoms with Crippen LogP contribution in [0.15, 0.2) is 33.7 Å². The summed E-state index contributed by atoms with van der Waals surface area (Å²) in [6, 6.07) is 7.63. The molecule has 0 saturated heterocycles. The third kappa shape index (κ3) is 4.00. The molecule has 0 heterocycles. The van der Waals surface area contributed by atoms with Gasteiger partial charge in [-0.3, -0.25) is 4.99 Å². The van der Waals surface area contributed by atoms with E-state index in [2.05, 4.69) is 32.2 Å². The van der Waals surface area contributed by atoms with Gasteiger partial charge >= 0.3 is 0 Å². The van der Waals surface area contributed by atoms with E-state index in [1.165, 1.54) is 19.3 Å². The third-order valence-corrected chi connectivity index (χ3v) is 3.94. The SMILES string of the molecule is C#CC(NC(N)=NCC1CCC1)c1ccc(Br)cc1. The second-order valence-corrected chi connectivity index (χ2v) is 5.73. The Morgan fingerprint density at radius 3 is 2.68 bits per heavy atom. The highest BCUT2D eigenvalue weighted by Crippen LogP contribution is 2.26. The first-order valence-corrected chi connectivity index (χ1v) is 7.26. The molecule has 1 aliphatic rings. The van der Waals surface area contributed by atoms with E-state index < -0.39 is 0 Å². The van der Waals surface area contributed by atoms with Gasteiger partial charge < -0.3 is 11.1 Å². The number of terminal acetylenes is 1. The van der Waals surface area contributed by atoms with Gasteiger partial charge in [-0.15, -0.1) is 6.42 Å². The zero-order chi connectivity index (χ0) is 13.7. The molecule has 0 radical (unpaired) electrons. The maximum Gasteiger partial charge on any atom is 0.189 e. The van der Waals surface area contributed by atoms with Crippen molar-refractivity contribution in [3.05, 3.63) is 34.3 Å². The molecule has 1 aliphatic carbocycles. The lowest BCUT2D eigenvalue weighted by Crippen LogP contribution is -2.35. The highest BCUT2D eigenvalue weighted by Gasteiger charge is 2.16. The summed E-state index contributed by atoms with van der Waals surface area (Å²) in [5.74, 6) is 3.83. The van der Waals surface area contributed by atoms with E-state index in [1.807, 2.05) is 24.3 Å². The summed E-state index contributed by atoms with van der Waals surface area (Å²) in [5, 5.41) is 3.08. The Morgan fingerprint density at radius 2 is 2.16 bits per heavy atom. The fraction of sp³-hybridized carbons (Fsp3) is 0.400. The largest absolute Gasteiger partial charge is 0.370 e. The summed E-state index contributed by atoms with van der Waals surface area (Å²) < 4.78 is 1.03. The van der Waals surface area contributed by atoms with Crippen molar-refractivity contribution >= 4 is 21.9 Å². The molecule has 0 aliphatic heterocycles. The number of guanidine groups is 1. The second kappa shape index (κ2) is 6.63. The van der Waals surface area contributed by atoms with E-state index in [0.717, 1.165) is 16.6 Å². The molecule has 1 fully saturated rings. The van der Waals surface area contributed by atoms with Crippen LogP contribution < -0.4 is 11.1 Å². The Kier molecular flexibility index (Phi) is 4.86. The van der Waals surface area contributed by atoms with Gasteiger partial charge in [-0.05, 0) is 36.5 Å². The van der Waals surface area contributed by atoms with Crippen LogP contribution in [0.4, 0.5) is 0 Å².